The first-order valence-corrected chi connectivity index (χ1v) is 7.53. The van der Waals surface area contributed by atoms with Crippen molar-refractivity contribution in [3.63, 3.8) is 0 Å². The van der Waals surface area contributed by atoms with E-state index in [1.54, 1.807) is 22.8 Å². The van der Waals surface area contributed by atoms with Crippen molar-refractivity contribution in [1.82, 2.24) is 4.57 Å². The van der Waals surface area contributed by atoms with Gasteiger partial charge in [0.2, 0.25) is 0 Å². The summed E-state index contributed by atoms with van der Waals surface area (Å²) in [6.45, 7) is 2.56. The molecule has 0 aliphatic rings. The molecule has 0 saturated heterocycles. The maximum Gasteiger partial charge on any atom is 0.130 e. The van der Waals surface area contributed by atoms with E-state index in [-0.39, 0.29) is 22.5 Å². The van der Waals surface area contributed by atoms with Crippen LogP contribution in [0, 0.1) is 11.3 Å². The quantitative estimate of drug-likeness (QED) is 0.705. The van der Waals surface area contributed by atoms with Gasteiger partial charge in [0.25, 0.3) is 0 Å². The van der Waals surface area contributed by atoms with Gasteiger partial charge in [-0.1, -0.05) is 52.5 Å². The monoisotopic (exact) mass is 362 g/mol. The molecule has 0 aliphatic heterocycles. The fraction of sp³-hybridized carbons (Fsp3) is 0.214. The minimum absolute atomic E-state index is 0.187. The molecule has 2 aromatic rings. The van der Waals surface area contributed by atoms with Crippen LogP contribution in [0.5, 0.6) is 0 Å². The fourth-order valence-corrected chi connectivity index (χ4v) is 2.84. The van der Waals surface area contributed by atoms with Gasteiger partial charge in [0.1, 0.15) is 23.5 Å². The molecule has 1 heterocycles. The Labute approximate surface area is 142 Å². The number of ether oxygens (including phenoxy) is 1. The van der Waals surface area contributed by atoms with Gasteiger partial charge in [0.05, 0.1) is 20.8 Å². The number of halogens is 4. The number of aromatic nitrogens is 1. The average molecular weight is 364 g/mol. The summed E-state index contributed by atoms with van der Waals surface area (Å²) in [6.07, 6.45) is 0. The molecule has 0 amide bonds. The molecule has 0 N–H and O–H groups in total. The molecule has 1 aromatic heterocycles. The zero-order chi connectivity index (χ0) is 15.6. The molecule has 1 aromatic carbocycles. The Bertz CT molecular complexity index is 719. The molecule has 3 nitrogen and oxygen atoms in total. The summed E-state index contributed by atoms with van der Waals surface area (Å²) >= 11 is 24.4. The second-order valence-electron chi connectivity index (χ2n) is 4.12. The predicted molar refractivity (Wildman–Crippen MR) is 86.2 cm³/mol. The number of nitrogens with zero attached hydrogens (tertiary/aromatic N) is 2. The smallest absolute Gasteiger partial charge is 0.130 e. The highest BCUT2D eigenvalue weighted by molar-refractivity contribution is 6.42. The summed E-state index contributed by atoms with van der Waals surface area (Å²) in [5.74, 6) is 0. The van der Waals surface area contributed by atoms with Crippen LogP contribution in [0.2, 0.25) is 20.2 Å². The molecule has 0 radical (unpaired) electrons. The van der Waals surface area contributed by atoms with Crippen molar-refractivity contribution in [2.24, 2.45) is 0 Å². The molecule has 0 aliphatic carbocycles. The van der Waals surface area contributed by atoms with E-state index in [2.05, 4.69) is 0 Å². The highest BCUT2D eigenvalue weighted by Crippen LogP contribution is 2.39. The van der Waals surface area contributed by atoms with E-state index in [9.17, 15) is 5.26 Å². The van der Waals surface area contributed by atoms with Gasteiger partial charge in [-0.25, -0.2) is 0 Å². The maximum absolute atomic E-state index is 9.19. The Balaban J connectivity index is 2.65. The van der Waals surface area contributed by atoms with Crippen molar-refractivity contribution in [3.05, 3.63) is 44.0 Å². The topological polar surface area (TPSA) is 38.0 Å². The van der Waals surface area contributed by atoms with Crippen LogP contribution in [0.15, 0.2) is 18.2 Å². The molecular weight excluding hydrogens is 354 g/mol. The molecule has 7 heteroatoms. The van der Waals surface area contributed by atoms with Crippen LogP contribution in [0.3, 0.4) is 0 Å². The van der Waals surface area contributed by atoms with Crippen LogP contribution in [-0.2, 0) is 11.5 Å². The van der Waals surface area contributed by atoms with Crippen LogP contribution in [0.25, 0.3) is 11.3 Å². The molecule has 0 bridgehead atoms. The lowest BCUT2D eigenvalue weighted by atomic mass is 10.1. The van der Waals surface area contributed by atoms with Gasteiger partial charge in [-0.3, -0.25) is 0 Å². The lowest BCUT2D eigenvalue weighted by Crippen LogP contribution is -2.04. The maximum atomic E-state index is 9.19. The minimum atomic E-state index is 0.187. The van der Waals surface area contributed by atoms with Crippen molar-refractivity contribution < 1.29 is 4.74 Å². The third-order valence-electron chi connectivity index (χ3n) is 2.87. The van der Waals surface area contributed by atoms with Crippen molar-refractivity contribution >= 4 is 46.4 Å². The summed E-state index contributed by atoms with van der Waals surface area (Å²) in [5, 5.41) is 10.5. The van der Waals surface area contributed by atoms with Crippen LogP contribution < -0.4 is 0 Å². The molecule has 21 heavy (non-hydrogen) atoms. The highest BCUT2D eigenvalue weighted by Gasteiger charge is 2.22. The first kappa shape index (κ1) is 16.5. The van der Waals surface area contributed by atoms with E-state index in [1.165, 1.54) is 0 Å². The van der Waals surface area contributed by atoms with Gasteiger partial charge in [-0.2, -0.15) is 5.26 Å². The molecular formula is C14H10Cl4N2O. The van der Waals surface area contributed by atoms with Crippen molar-refractivity contribution in [2.45, 2.75) is 13.7 Å². The standard InChI is InChI=1S/C14H10Cl4N2O/c1-2-21-7-20-13(12(17)9(6-19)14(20)18)8-3-4-10(15)11(16)5-8/h3-5H,2,7H2,1H3. The molecule has 110 valence electrons. The normalized spacial score (nSPS) is 10.7. The van der Waals surface area contributed by atoms with Crippen molar-refractivity contribution in [1.29, 1.82) is 5.26 Å². The van der Waals surface area contributed by atoms with Gasteiger partial charge < -0.3 is 9.30 Å². The largest absolute Gasteiger partial charge is 0.361 e. The Morgan fingerprint density at radius 3 is 2.48 bits per heavy atom. The lowest BCUT2D eigenvalue weighted by molar-refractivity contribution is 0.0893. The Hall–Kier alpha value is -0.890. The van der Waals surface area contributed by atoms with Crippen molar-refractivity contribution in [2.75, 3.05) is 6.61 Å². The van der Waals surface area contributed by atoms with Gasteiger partial charge in [-0.05, 0) is 19.1 Å². The third kappa shape index (κ3) is 3.15. The van der Waals surface area contributed by atoms with E-state index in [0.29, 0.717) is 27.9 Å². The lowest BCUT2D eigenvalue weighted by Gasteiger charge is -2.11. The van der Waals surface area contributed by atoms with Gasteiger partial charge in [-0.15, -0.1) is 0 Å². The minimum Gasteiger partial charge on any atom is -0.361 e. The predicted octanol–water partition coefficient (Wildman–Crippen LogP) is 5.63. The molecule has 0 atom stereocenters. The van der Waals surface area contributed by atoms with Crippen molar-refractivity contribution in [3.8, 4) is 17.3 Å². The molecule has 0 spiro atoms. The zero-order valence-corrected chi connectivity index (χ0v) is 14.0. The van der Waals surface area contributed by atoms with Gasteiger partial charge in [0, 0.05) is 12.2 Å². The number of benzene rings is 1. The van der Waals surface area contributed by atoms with E-state index in [0.717, 1.165) is 0 Å². The summed E-state index contributed by atoms with van der Waals surface area (Å²) in [6, 6.07) is 7.09. The summed E-state index contributed by atoms with van der Waals surface area (Å²) in [7, 11) is 0. The number of rotatable bonds is 4. The van der Waals surface area contributed by atoms with Gasteiger partial charge >= 0.3 is 0 Å². The van der Waals surface area contributed by atoms with E-state index in [1.807, 2.05) is 13.0 Å². The molecule has 0 unspecified atom stereocenters. The molecule has 0 fully saturated rings. The van der Waals surface area contributed by atoms with E-state index >= 15 is 0 Å². The second-order valence-corrected chi connectivity index (χ2v) is 5.67. The Morgan fingerprint density at radius 1 is 1.19 bits per heavy atom. The first-order valence-electron chi connectivity index (χ1n) is 6.02. The summed E-state index contributed by atoms with van der Waals surface area (Å²) in [5.41, 5.74) is 1.49. The number of hydrogen-bond acceptors (Lipinski definition) is 2. The summed E-state index contributed by atoms with van der Waals surface area (Å²) < 4.78 is 7.01. The number of hydrogen-bond donors (Lipinski definition) is 0. The van der Waals surface area contributed by atoms with Crippen LogP contribution >= 0.6 is 46.4 Å². The van der Waals surface area contributed by atoms with Crippen LogP contribution in [0.4, 0.5) is 0 Å². The SMILES string of the molecule is CCOCn1c(Cl)c(C#N)c(Cl)c1-c1ccc(Cl)c(Cl)c1. The Morgan fingerprint density at radius 2 is 1.90 bits per heavy atom. The molecule has 0 saturated carbocycles. The van der Waals surface area contributed by atoms with Gasteiger partial charge in [0.15, 0.2) is 0 Å². The zero-order valence-electron chi connectivity index (χ0n) is 11.0. The Kier molecular flexibility index (Phi) is 5.43. The summed E-state index contributed by atoms with van der Waals surface area (Å²) in [4.78, 5) is 0. The van der Waals surface area contributed by atoms with E-state index in [4.69, 9.17) is 51.1 Å². The molecule has 2 rings (SSSR count). The average Bonchev–Trinajstić information content (AvgIpc) is 2.70. The van der Waals surface area contributed by atoms with Crippen LogP contribution in [0.1, 0.15) is 12.5 Å². The fourth-order valence-electron chi connectivity index (χ4n) is 1.89. The van der Waals surface area contributed by atoms with E-state index < -0.39 is 0 Å². The number of nitriles is 1. The second kappa shape index (κ2) is 6.91. The third-order valence-corrected chi connectivity index (χ3v) is 4.37. The van der Waals surface area contributed by atoms with Crippen LogP contribution in [-0.4, -0.2) is 11.2 Å². The highest BCUT2D eigenvalue weighted by atomic mass is 35.5. The first-order chi connectivity index (χ1) is 10.0.